The number of alkyl halides is 2. The molecule has 0 aromatic heterocycles. The Kier molecular flexibility index (Phi) is 4.18. The summed E-state index contributed by atoms with van der Waals surface area (Å²) in [6.45, 7) is 0. The number of carbonyl (C=O) groups is 1. The number of hydrogen-bond acceptors (Lipinski definition) is 2. The van der Waals surface area contributed by atoms with E-state index in [0.717, 1.165) is 0 Å². The van der Waals surface area contributed by atoms with Gasteiger partial charge in [0.15, 0.2) is 10.6 Å². The normalized spacial score (nSPS) is 14.5. The quantitative estimate of drug-likeness (QED) is 0.841. The zero-order valence-electron chi connectivity index (χ0n) is 7.68. The summed E-state index contributed by atoms with van der Waals surface area (Å²) in [6, 6.07) is 2.43. The van der Waals surface area contributed by atoms with Crippen LogP contribution in [0, 0.1) is 0 Å². The molecule has 2 N–H and O–H groups in total. The number of benzene rings is 1. The molecule has 16 heavy (non-hydrogen) atoms. The van der Waals surface area contributed by atoms with Crippen molar-refractivity contribution in [2.24, 2.45) is 0 Å². The standard InChI is InChI=1S/C9H6Cl4O3/c10-3-9(13,8(15)16)4-1-5(11)7(14)6(12)2-4/h1-2,14H,3H2,(H,15,16). The summed E-state index contributed by atoms with van der Waals surface area (Å²) in [6.07, 6.45) is 0. The third-order valence-electron chi connectivity index (χ3n) is 2.00. The Hall–Kier alpha value is -0.350. The second-order valence-electron chi connectivity index (χ2n) is 3.03. The first-order valence-corrected chi connectivity index (χ1v) is 5.66. The van der Waals surface area contributed by atoms with Gasteiger partial charge in [0.05, 0.1) is 15.9 Å². The van der Waals surface area contributed by atoms with Gasteiger partial charge in [-0.25, -0.2) is 4.79 Å². The fraction of sp³-hybridized carbons (Fsp3) is 0.222. The van der Waals surface area contributed by atoms with Crippen LogP contribution in [0.5, 0.6) is 5.75 Å². The lowest BCUT2D eigenvalue weighted by Crippen LogP contribution is -2.31. The molecule has 0 radical (unpaired) electrons. The average Bonchev–Trinajstić information content (AvgIpc) is 2.23. The molecule has 88 valence electrons. The monoisotopic (exact) mass is 302 g/mol. The summed E-state index contributed by atoms with van der Waals surface area (Å²) < 4.78 is 0. The molecule has 1 aromatic rings. The number of aromatic hydroxyl groups is 1. The number of phenols is 1. The zero-order chi connectivity index (χ0) is 12.5. The van der Waals surface area contributed by atoms with E-state index in [0.29, 0.717) is 0 Å². The minimum Gasteiger partial charge on any atom is -0.505 e. The van der Waals surface area contributed by atoms with E-state index in [9.17, 15) is 9.90 Å². The summed E-state index contributed by atoms with van der Waals surface area (Å²) in [5.41, 5.74) is 0.115. The van der Waals surface area contributed by atoms with Crippen molar-refractivity contribution in [2.45, 2.75) is 4.87 Å². The molecule has 0 aliphatic heterocycles. The summed E-state index contributed by atoms with van der Waals surface area (Å²) >= 11 is 22.7. The lowest BCUT2D eigenvalue weighted by Gasteiger charge is -2.20. The molecule has 0 saturated carbocycles. The van der Waals surface area contributed by atoms with E-state index in [-0.39, 0.29) is 27.2 Å². The molecule has 1 unspecified atom stereocenters. The Morgan fingerprint density at radius 2 is 1.75 bits per heavy atom. The van der Waals surface area contributed by atoms with Crippen LogP contribution in [0.3, 0.4) is 0 Å². The van der Waals surface area contributed by atoms with Gasteiger partial charge in [0.25, 0.3) is 0 Å². The molecule has 0 heterocycles. The molecule has 0 aliphatic rings. The van der Waals surface area contributed by atoms with Crippen molar-refractivity contribution in [3.05, 3.63) is 27.7 Å². The molecule has 0 amide bonds. The van der Waals surface area contributed by atoms with Crippen LogP contribution in [0.4, 0.5) is 0 Å². The van der Waals surface area contributed by atoms with E-state index in [2.05, 4.69) is 0 Å². The SMILES string of the molecule is O=C(O)C(Cl)(CCl)c1cc(Cl)c(O)c(Cl)c1. The number of aliphatic carboxylic acids is 1. The van der Waals surface area contributed by atoms with Gasteiger partial charge in [0, 0.05) is 0 Å². The third-order valence-corrected chi connectivity index (χ3v) is 3.63. The molecule has 1 atom stereocenters. The Morgan fingerprint density at radius 3 is 2.06 bits per heavy atom. The molecular formula is C9H6Cl4O3. The smallest absolute Gasteiger partial charge is 0.330 e. The molecule has 1 aromatic carbocycles. The number of rotatable bonds is 3. The minimum absolute atomic E-state index is 0.0844. The predicted molar refractivity (Wildman–Crippen MR) is 64.0 cm³/mol. The summed E-state index contributed by atoms with van der Waals surface area (Å²) in [5.74, 6) is -2.01. The largest absolute Gasteiger partial charge is 0.505 e. The highest BCUT2D eigenvalue weighted by atomic mass is 35.5. The Morgan fingerprint density at radius 1 is 1.31 bits per heavy atom. The van der Waals surface area contributed by atoms with Gasteiger partial charge in [0.1, 0.15) is 0 Å². The fourth-order valence-corrected chi connectivity index (χ4v) is 1.92. The molecule has 3 nitrogen and oxygen atoms in total. The van der Waals surface area contributed by atoms with Crippen LogP contribution >= 0.6 is 46.4 Å². The Bertz CT molecular complexity index is 412. The van der Waals surface area contributed by atoms with E-state index in [4.69, 9.17) is 51.5 Å². The highest BCUT2D eigenvalue weighted by Gasteiger charge is 2.38. The first-order chi connectivity index (χ1) is 7.32. The minimum atomic E-state index is -1.82. The third kappa shape index (κ3) is 2.33. The maximum absolute atomic E-state index is 11.0. The van der Waals surface area contributed by atoms with Crippen molar-refractivity contribution >= 4 is 52.4 Å². The molecule has 1 rings (SSSR count). The van der Waals surface area contributed by atoms with Gasteiger partial charge >= 0.3 is 5.97 Å². The van der Waals surface area contributed by atoms with Crippen molar-refractivity contribution in [1.29, 1.82) is 0 Å². The van der Waals surface area contributed by atoms with Crippen molar-refractivity contribution in [2.75, 3.05) is 5.88 Å². The first kappa shape index (κ1) is 13.7. The molecule has 0 saturated heterocycles. The van der Waals surface area contributed by atoms with Gasteiger partial charge in [-0.2, -0.15) is 0 Å². The average molecular weight is 304 g/mol. The first-order valence-electron chi connectivity index (χ1n) is 3.99. The highest BCUT2D eigenvalue weighted by molar-refractivity contribution is 6.40. The lowest BCUT2D eigenvalue weighted by molar-refractivity contribution is -0.139. The van der Waals surface area contributed by atoms with E-state index >= 15 is 0 Å². The van der Waals surface area contributed by atoms with Gasteiger partial charge in [-0.1, -0.05) is 23.2 Å². The van der Waals surface area contributed by atoms with Crippen LogP contribution in [-0.4, -0.2) is 22.1 Å². The number of carboxylic acid groups (broad SMARTS) is 1. The molecule has 0 fully saturated rings. The summed E-state index contributed by atoms with van der Waals surface area (Å²) in [7, 11) is 0. The second-order valence-corrected chi connectivity index (χ2v) is 4.76. The molecule has 0 spiro atoms. The zero-order valence-corrected chi connectivity index (χ0v) is 10.7. The van der Waals surface area contributed by atoms with Crippen LogP contribution in [-0.2, 0) is 9.67 Å². The van der Waals surface area contributed by atoms with Crippen LogP contribution < -0.4 is 0 Å². The summed E-state index contributed by atoms with van der Waals surface area (Å²) in [4.78, 5) is 9.18. The number of carboxylic acids is 1. The molecule has 7 heteroatoms. The van der Waals surface area contributed by atoms with Crippen LogP contribution in [0.25, 0.3) is 0 Å². The van der Waals surface area contributed by atoms with Crippen LogP contribution in [0.2, 0.25) is 10.0 Å². The van der Waals surface area contributed by atoms with E-state index in [1.807, 2.05) is 0 Å². The topological polar surface area (TPSA) is 57.5 Å². The second kappa shape index (κ2) is 4.88. The lowest BCUT2D eigenvalue weighted by atomic mass is 10.00. The van der Waals surface area contributed by atoms with Crippen molar-refractivity contribution in [3.63, 3.8) is 0 Å². The van der Waals surface area contributed by atoms with Crippen LogP contribution in [0.1, 0.15) is 5.56 Å². The number of halogens is 4. The van der Waals surface area contributed by atoms with Crippen LogP contribution in [0.15, 0.2) is 12.1 Å². The van der Waals surface area contributed by atoms with E-state index < -0.39 is 10.8 Å². The summed E-state index contributed by atoms with van der Waals surface area (Å²) in [5, 5.41) is 18.1. The van der Waals surface area contributed by atoms with Gasteiger partial charge in [0.2, 0.25) is 0 Å². The predicted octanol–water partition coefficient (Wildman–Crippen LogP) is 3.46. The van der Waals surface area contributed by atoms with Crippen molar-refractivity contribution < 1.29 is 15.0 Å². The van der Waals surface area contributed by atoms with Crippen molar-refractivity contribution in [3.8, 4) is 5.75 Å². The Labute approximate surface area is 111 Å². The maximum Gasteiger partial charge on any atom is 0.330 e. The van der Waals surface area contributed by atoms with Gasteiger partial charge in [-0.3, -0.25) is 0 Å². The molecule has 0 bridgehead atoms. The van der Waals surface area contributed by atoms with Crippen molar-refractivity contribution in [1.82, 2.24) is 0 Å². The molecular weight excluding hydrogens is 298 g/mol. The van der Waals surface area contributed by atoms with Gasteiger partial charge in [-0.05, 0) is 17.7 Å². The number of hydrogen-bond donors (Lipinski definition) is 2. The van der Waals surface area contributed by atoms with Gasteiger partial charge in [-0.15, -0.1) is 23.2 Å². The fourth-order valence-electron chi connectivity index (χ4n) is 1.05. The molecule has 0 aliphatic carbocycles. The maximum atomic E-state index is 11.0. The van der Waals surface area contributed by atoms with E-state index in [1.165, 1.54) is 12.1 Å². The Balaban J connectivity index is 3.38. The highest BCUT2D eigenvalue weighted by Crippen LogP contribution is 2.39. The number of phenolic OH excluding ortho intramolecular Hbond substituents is 1. The van der Waals surface area contributed by atoms with Gasteiger partial charge < -0.3 is 10.2 Å². The van der Waals surface area contributed by atoms with E-state index in [1.54, 1.807) is 0 Å².